The number of nitrogens with two attached hydrogens (primary N) is 1. The fraction of sp³-hybridized carbons (Fsp3) is 0.538. The lowest BCUT2D eigenvalue weighted by molar-refractivity contribution is 0.728. The van der Waals surface area contributed by atoms with Crippen LogP contribution in [0.1, 0.15) is 32.8 Å². The number of benzene rings is 1. The summed E-state index contributed by atoms with van der Waals surface area (Å²) in [4.78, 5) is 1.36. The molecule has 1 aromatic carbocycles. The van der Waals surface area contributed by atoms with E-state index in [1.807, 2.05) is 11.8 Å². The third kappa shape index (κ3) is 4.48. The van der Waals surface area contributed by atoms with Gasteiger partial charge in [0.2, 0.25) is 0 Å². The molecule has 1 rings (SSSR count). The van der Waals surface area contributed by atoms with Crippen LogP contribution >= 0.6 is 27.7 Å². The second-order valence-corrected chi connectivity index (χ2v) is 6.67. The maximum Gasteiger partial charge on any atom is 0.0186 e. The van der Waals surface area contributed by atoms with Gasteiger partial charge in [-0.25, -0.2) is 0 Å². The van der Waals surface area contributed by atoms with Crippen LogP contribution in [0.25, 0.3) is 0 Å². The highest BCUT2D eigenvalue weighted by Gasteiger charge is 2.09. The predicted molar refractivity (Wildman–Crippen MR) is 77.1 cm³/mol. The van der Waals surface area contributed by atoms with Gasteiger partial charge in [0.1, 0.15) is 0 Å². The Morgan fingerprint density at radius 1 is 1.38 bits per heavy atom. The molecule has 1 nitrogen and oxygen atoms in total. The number of hydrogen-bond donors (Lipinski definition) is 1. The van der Waals surface area contributed by atoms with Crippen LogP contribution < -0.4 is 5.73 Å². The molecule has 0 fully saturated rings. The summed E-state index contributed by atoms with van der Waals surface area (Å²) in [5.41, 5.74) is 7.24. The van der Waals surface area contributed by atoms with Crippen LogP contribution in [-0.2, 0) is 6.42 Å². The summed E-state index contributed by atoms with van der Waals surface area (Å²) in [6, 6.07) is 6.70. The highest BCUT2D eigenvalue weighted by atomic mass is 79.9. The zero-order valence-electron chi connectivity index (χ0n) is 10.2. The second kappa shape index (κ2) is 6.67. The molecule has 0 radical (unpaired) electrons. The van der Waals surface area contributed by atoms with Crippen molar-refractivity contribution in [2.45, 2.75) is 49.8 Å². The molecule has 0 aliphatic heterocycles. The summed E-state index contributed by atoms with van der Waals surface area (Å²) in [7, 11) is 0. The van der Waals surface area contributed by atoms with Crippen molar-refractivity contribution in [3.63, 3.8) is 0 Å². The van der Waals surface area contributed by atoms with E-state index in [0.717, 1.165) is 10.9 Å². The zero-order valence-corrected chi connectivity index (χ0v) is 12.6. The van der Waals surface area contributed by atoms with E-state index in [0.29, 0.717) is 5.25 Å². The molecule has 0 saturated heterocycles. The lowest BCUT2D eigenvalue weighted by Crippen LogP contribution is -2.18. The molecule has 3 heteroatoms. The van der Waals surface area contributed by atoms with Crippen molar-refractivity contribution < 1.29 is 0 Å². The fourth-order valence-electron chi connectivity index (χ4n) is 1.45. The third-order valence-corrected chi connectivity index (χ3v) is 4.34. The highest BCUT2D eigenvalue weighted by Crippen LogP contribution is 2.31. The molecule has 90 valence electrons. The number of halogens is 1. The molecule has 16 heavy (non-hydrogen) atoms. The summed E-state index contributed by atoms with van der Waals surface area (Å²) in [5, 5.41) is 0.654. The maximum absolute atomic E-state index is 5.87. The molecule has 2 unspecified atom stereocenters. The molecule has 0 aliphatic carbocycles. The largest absolute Gasteiger partial charge is 0.328 e. The molecule has 0 spiro atoms. The molecular formula is C13H20BrNS. The first-order valence-corrected chi connectivity index (χ1v) is 7.40. The molecule has 0 bridgehead atoms. The van der Waals surface area contributed by atoms with Crippen molar-refractivity contribution in [1.82, 2.24) is 0 Å². The smallest absolute Gasteiger partial charge is 0.0186 e. The van der Waals surface area contributed by atoms with Crippen LogP contribution in [-0.4, -0.2) is 11.3 Å². The summed E-state index contributed by atoms with van der Waals surface area (Å²) in [6.45, 7) is 6.54. The topological polar surface area (TPSA) is 26.0 Å². The highest BCUT2D eigenvalue weighted by molar-refractivity contribution is 9.10. The Morgan fingerprint density at radius 2 is 2.06 bits per heavy atom. The monoisotopic (exact) mass is 301 g/mol. The van der Waals surface area contributed by atoms with E-state index in [9.17, 15) is 0 Å². The van der Waals surface area contributed by atoms with Gasteiger partial charge in [0, 0.05) is 20.7 Å². The van der Waals surface area contributed by atoms with Gasteiger partial charge in [-0.15, -0.1) is 11.8 Å². The van der Waals surface area contributed by atoms with E-state index >= 15 is 0 Å². The van der Waals surface area contributed by atoms with E-state index in [2.05, 4.69) is 54.9 Å². The minimum Gasteiger partial charge on any atom is -0.328 e. The van der Waals surface area contributed by atoms with Gasteiger partial charge in [0.15, 0.2) is 0 Å². The lowest BCUT2D eigenvalue weighted by atomic mass is 10.1. The first-order chi connectivity index (χ1) is 7.52. The van der Waals surface area contributed by atoms with Crippen molar-refractivity contribution in [3.8, 4) is 0 Å². The minimum atomic E-state index is 0.220. The van der Waals surface area contributed by atoms with Gasteiger partial charge in [-0.05, 0) is 37.5 Å². The summed E-state index contributed by atoms with van der Waals surface area (Å²) in [6.07, 6.45) is 2.14. The summed E-state index contributed by atoms with van der Waals surface area (Å²) in [5.74, 6) is 0. The average Bonchev–Trinajstić information content (AvgIpc) is 2.21. The van der Waals surface area contributed by atoms with Crippen molar-refractivity contribution in [2.24, 2.45) is 5.73 Å². The molecule has 2 atom stereocenters. The van der Waals surface area contributed by atoms with Gasteiger partial charge < -0.3 is 5.73 Å². The SMILES string of the molecule is CCC(C)Sc1cc(Br)ccc1CC(C)N. The van der Waals surface area contributed by atoms with E-state index < -0.39 is 0 Å². The van der Waals surface area contributed by atoms with Crippen molar-refractivity contribution in [2.75, 3.05) is 0 Å². The summed E-state index contributed by atoms with van der Waals surface area (Å²) >= 11 is 5.47. The van der Waals surface area contributed by atoms with Gasteiger partial charge in [0.05, 0.1) is 0 Å². The van der Waals surface area contributed by atoms with Gasteiger partial charge in [0.25, 0.3) is 0 Å². The van der Waals surface area contributed by atoms with Crippen molar-refractivity contribution >= 4 is 27.7 Å². The van der Waals surface area contributed by atoms with Crippen molar-refractivity contribution in [1.29, 1.82) is 0 Å². The van der Waals surface area contributed by atoms with Crippen LogP contribution in [0.3, 0.4) is 0 Å². The van der Waals surface area contributed by atoms with Crippen LogP contribution in [0.4, 0.5) is 0 Å². The Kier molecular flexibility index (Phi) is 5.87. The van der Waals surface area contributed by atoms with Gasteiger partial charge in [-0.3, -0.25) is 0 Å². The fourth-order valence-corrected chi connectivity index (χ4v) is 3.06. The summed E-state index contributed by atoms with van der Waals surface area (Å²) < 4.78 is 1.15. The number of rotatable bonds is 5. The Bertz CT molecular complexity index is 339. The van der Waals surface area contributed by atoms with E-state index in [4.69, 9.17) is 5.73 Å². The molecule has 2 N–H and O–H groups in total. The van der Waals surface area contributed by atoms with Crippen LogP contribution in [0.2, 0.25) is 0 Å². The lowest BCUT2D eigenvalue weighted by Gasteiger charge is -2.15. The minimum absolute atomic E-state index is 0.220. The average molecular weight is 302 g/mol. The third-order valence-electron chi connectivity index (χ3n) is 2.47. The Morgan fingerprint density at radius 3 is 2.62 bits per heavy atom. The quantitative estimate of drug-likeness (QED) is 0.824. The van der Waals surface area contributed by atoms with E-state index in [-0.39, 0.29) is 6.04 Å². The normalized spacial score (nSPS) is 14.8. The zero-order chi connectivity index (χ0) is 12.1. The van der Waals surface area contributed by atoms with Crippen LogP contribution in [0.5, 0.6) is 0 Å². The van der Waals surface area contributed by atoms with Crippen LogP contribution in [0, 0.1) is 0 Å². The van der Waals surface area contributed by atoms with Gasteiger partial charge >= 0.3 is 0 Å². The maximum atomic E-state index is 5.87. The standard InChI is InChI=1S/C13H20BrNS/c1-4-10(3)16-13-8-12(14)6-5-11(13)7-9(2)15/h5-6,8-10H,4,7,15H2,1-3H3. The molecule has 0 aromatic heterocycles. The molecule has 0 saturated carbocycles. The number of thioether (sulfide) groups is 1. The Balaban J connectivity index is 2.89. The second-order valence-electron chi connectivity index (χ2n) is 4.27. The Hall–Kier alpha value is 0.01000. The van der Waals surface area contributed by atoms with Crippen LogP contribution in [0.15, 0.2) is 27.6 Å². The molecule has 1 aromatic rings. The number of hydrogen-bond acceptors (Lipinski definition) is 2. The molecule has 0 heterocycles. The molecule has 0 aliphatic rings. The van der Waals surface area contributed by atoms with E-state index in [1.165, 1.54) is 16.9 Å². The van der Waals surface area contributed by atoms with Gasteiger partial charge in [-0.2, -0.15) is 0 Å². The predicted octanol–water partition coefficient (Wildman–Crippen LogP) is 4.23. The van der Waals surface area contributed by atoms with Gasteiger partial charge in [-0.1, -0.05) is 35.8 Å². The Labute approximate surface area is 111 Å². The first kappa shape index (κ1) is 14.1. The molecular weight excluding hydrogens is 282 g/mol. The molecule has 0 amide bonds. The van der Waals surface area contributed by atoms with Crippen molar-refractivity contribution in [3.05, 3.63) is 28.2 Å². The first-order valence-electron chi connectivity index (χ1n) is 5.73. The van der Waals surface area contributed by atoms with E-state index in [1.54, 1.807) is 0 Å².